The summed E-state index contributed by atoms with van der Waals surface area (Å²) >= 11 is 0. The monoisotopic (exact) mass is 368 g/mol. The van der Waals surface area contributed by atoms with Gasteiger partial charge in [0.1, 0.15) is 17.6 Å². The van der Waals surface area contributed by atoms with Gasteiger partial charge < -0.3 is 10.1 Å². The summed E-state index contributed by atoms with van der Waals surface area (Å²) in [7, 11) is 1.52. The van der Waals surface area contributed by atoms with E-state index in [1.807, 2.05) is 18.2 Å². The Labute approximate surface area is 161 Å². The zero-order valence-corrected chi connectivity index (χ0v) is 14.8. The van der Waals surface area contributed by atoms with E-state index in [4.69, 9.17) is 10.1 Å². The molecule has 0 radical (unpaired) electrons. The van der Waals surface area contributed by atoms with Crippen molar-refractivity contribution < 1.29 is 9.13 Å². The van der Waals surface area contributed by atoms with Crippen LogP contribution in [0, 0.1) is 50.6 Å². The number of allylic oxidation sites excluding steroid dienone is 4. The maximum Gasteiger partial charge on any atom is 0.211 e. The van der Waals surface area contributed by atoms with Crippen LogP contribution in [0.3, 0.4) is 0 Å². The molecule has 0 unspecified atom stereocenters. The molecule has 0 amide bonds. The van der Waals surface area contributed by atoms with Gasteiger partial charge in [-0.15, -0.1) is 0 Å². The Hall–Kier alpha value is -4.21. The molecule has 1 aliphatic rings. The molecule has 0 aromatic heterocycles. The minimum atomic E-state index is -1.93. The number of ether oxygens (including phenoxy) is 1. The highest BCUT2D eigenvalue weighted by molar-refractivity contribution is 6.24. The highest BCUT2D eigenvalue weighted by atomic mass is 19.1. The van der Waals surface area contributed by atoms with Crippen molar-refractivity contribution in [2.45, 2.75) is 0 Å². The molecule has 134 valence electrons. The molecule has 2 aromatic rings. The lowest BCUT2D eigenvalue weighted by Crippen LogP contribution is -2.33. The summed E-state index contributed by atoms with van der Waals surface area (Å²) in [6.07, 6.45) is 1.55. The molecule has 0 fully saturated rings. The van der Waals surface area contributed by atoms with E-state index in [1.54, 1.807) is 30.3 Å². The molecule has 0 heterocycles. The number of hydrogen-bond acceptors (Lipinski definition) is 5. The minimum absolute atomic E-state index is 0.0908. The lowest BCUT2D eigenvalue weighted by atomic mass is 9.68. The van der Waals surface area contributed by atoms with E-state index in [1.165, 1.54) is 31.4 Å². The molecule has 0 atom stereocenters. The smallest absolute Gasteiger partial charge is 0.211 e. The van der Waals surface area contributed by atoms with Crippen LogP contribution in [-0.4, -0.2) is 12.8 Å². The average molecular weight is 368 g/mol. The van der Waals surface area contributed by atoms with Gasteiger partial charge in [-0.2, -0.15) is 15.8 Å². The number of methoxy groups -OCH3 is 1. The molecular weight excluding hydrogens is 355 g/mol. The second-order valence-electron chi connectivity index (χ2n) is 6.04. The van der Waals surface area contributed by atoms with E-state index in [9.17, 15) is 20.2 Å². The Morgan fingerprint density at radius 3 is 2.00 bits per heavy atom. The second-order valence-corrected chi connectivity index (χ2v) is 6.04. The highest BCUT2D eigenvalue weighted by Gasteiger charge is 2.45. The van der Waals surface area contributed by atoms with Gasteiger partial charge in [-0.25, -0.2) is 4.39 Å². The van der Waals surface area contributed by atoms with Crippen LogP contribution < -0.4 is 4.74 Å². The third kappa shape index (κ3) is 2.82. The predicted molar refractivity (Wildman–Crippen MR) is 101 cm³/mol. The van der Waals surface area contributed by atoms with Crippen LogP contribution in [0.5, 0.6) is 5.75 Å². The summed E-state index contributed by atoms with van der Waals surface area (Å²) in [4.78, 5) is 0. The number of halogens is 1. The summed E-state index contributed by atoms with van der Waals surface area (Å²) < 4.78 is 18.5. The summed E-state index contributed by atoms with van der Waals surface area (Å²) in [6.45, 7) is 0. The maximum atomic E-state index is 13.3. The van der Waals surface area contributed by atoms with Gasteiger partial charge in [-0.05, 0) is 41.5 Å². The molecule has 0 bridgehead atoms. The number of rotatable bonds is 3. The molecule has 1 N–H and O–H groups in total. The average Bonchev–Trinajstić information content (AvgIpc) is 2.74. The van der Waals surface area contributed by atoms with E-state index in [-0.39, 0.29) is 11.1 Å². The highest BCUT2D eigenvalue weighted by Crippen LogP contribution is 2.45. The van der Waals surface area contributed by atoms with Crippen molar-refractivity contribution in [1.29, 1.82) is 21.2 Å². The van der Waals surface area contributed by atoms with Crippen LogP contribution in [0.2, 0.25) is 0 Å². The fraction of sp³-hybridized carbons (Fsp3) is 0.0909. The zero-order valence-electron chi connectivity index (χ0n) is 14.8. The predicted octanol–water partition coefficient (Wildman–Crippen LogP) is 4.26. The lowest BCUT2D eigenvalue weighted by molar-refractivity contribution is 0.415. The Bertz CT molecular complexity index is 1120. The molecule has 0 aliphatic heterocycles. The molecular formula is C22H13FN4O. The Kier molecular flexibility index (Phi) is 4.77. The van der Waals surface area contributed by atoms with Crippen LogP contribution in [-0.2, 0) is 0 Å². The quantitative estimate of drug-likeness (QED) is 0.874. The van der Waals surface area contributed by atoms with Crippen molar-refractivity contribution in [2.75, 3.05) is 7.11 Å². The summed E-state index contributed by atoms with van der Waals surface area (Å²) in [6, 6.07) is 17.9. The molecule has 2 aromatic carbocycles. The van der Waals surface area contributed by atoms with E-state index in [2.05, 4.69) is 0 Å². The van der Waals surface area contributed by atoms with Gasteiger partial charge in [0, 0.05) is 11.1 Å². The van der Waals surface area contributed by atoms with Gasteiger partial charge in [-0.1, -0.05) is 24.3 Å². The SMILES string of the molecule is COc1ccc(C2=CC(c3ccc(F)cc3)=C(C#N)C(=N)C2(C#N)C#N)cc1. The molecule has 6 heteroatoms. The summed E-state index contributed by atoms with van der Waals surface area (Å²) in [5.74, 6) is 0.165. The number of hydrogen-bond donors (Lipinski definition) is 1. The third-order valence-electron chi connectivity index (χ3n) is 4.59. The van der Waals surface area contributed by atoms with Crippen molar-refractivity contribution in [3.63, 3.8) is 0 Å². The molecule has 1 aliphatic carbocycles. The van der Waals surface area contributed by atoms with Crippen molar-refractivity contribution in [2.24, 2.45) is 5.41 Å². The molecule has 28 heavy (non-hydrogen) atoms. The van der Waals surface area contributed by atoms with Gasteiger partial charge in [0.05, 0.1) is 30.5 Å². The van der Waals surface area contributed by atoms with Gasteiger partial charge in [0.15, 0.2) is 0 Å². The van der Waals surface area contributed by atoms with Crippen LogP contribution in [0.25, 0.3) is 11.1 Å². The molecule has 3 rings (SSSR count). The van der Waals surface area contributed by atoms with Gasteiger partial charge >= 0.3 is 0 Å². The first-order chi connectivity index (χ1) is 13.5. The first-order valence-corrected chi connectivity index (χ1v) is 8.19. The number of nitriles is 3. The third-order valence-corrected chi connectivity index (χ3v) is 4.59. The van der Waals surface area contributed by atoms with E-state index < -0.39 is 16.9 Å². The molecule has 0 saturated carbocycles. The van der Waals surface area contributed by atoms with Crippen LogP contribution >= 0.6 is 0 Å². The fourth-order valence-electron chi connectivity index (χ4n) is 3.08. The molecule has 5 nitrogen and oxygen atoms in total. The van der Waals surface area contributed by atoms with Crippen LogP contribution in [0.15, 0.2) is 60.2 Å². The number of benzene rings is 2. The minimum Gasteiger partial charge on any atom is -0.497 e. The first-order valence-electron chi connectivity index (χ1n) is 8.19. The number of nitrogens with one attached hydrogen (secondary N) is 1. The van der Waals surface area contributed by atoms with Crippen molar-refractivity contribution >= 4 is 16.9 Å². The molecule has 0 spiro atoms. The lowest BCUT2D eigenvalue weighted by Gasteiger charge is -2.29. The maximum absolute atomic E-state index is 13.3. The second kappa shape index (κ2) is 7.19. The van der Waals surface area contributed by atoms with E-state index >= 15 is 0 Å². The largest absolute Gasteiger partial charge is 0.497 e. The Morgan fingerprint density at radius 1 is 0.929 bits per heavy atom. The van der Waals surface area contributed by atoms with E-state index in [0.717, 1.165) is 0 Å². The normalized spacial score (nSPS) is 15.1. The fourth-order valence-corrected chi connectivity index (χ4v) is 3.08. The first kappa shape index (κ1) is 18.6. The number of nitrogens with zero attached hydrogens (tertiary/aromatic N) is 3. The van der Waals surface area contributed by atoms with Crippen molar-refractivity contribution in [3.8, 4) is 24.0 Å². The summed E-state index contributed by atoms with van der Waals surface area (Å²) in [5.41, 5.74) is -0.714. The van der Waals surface area contributed by atoms with Crippen molar-refractivity contribution in [1.82, 2.24) is 0 Å². The topological polar surface area (TPSA) is 104 Å². The van der Waals surface area contributed by atoms with Crippen LogP contribution in [0.1, 0.15) is 11.1 Å². The zero-order chi connectivity index (χ0) is 20.3. The Morgan fingerprint density at radius 2 is 1.50 bits per heavy atom. The summed E-state index contributed by atoms with van der Waals surface area (Å²) in [5, 5.41) is 37.7. The van der Waals surface area contributed by atoms with Gasteiger partial charge in [-0.3, -0.25) is 0 Å². The van der Waals surface area contributed by atoms with Gasteiger partial charge in [0.25, 0.3) is 0 Å². The standard InChI is InChI=1S/C22H13FN4O/c1-28-17-8-4-15(5-9-17)20-10-18(14-2-6-16(23)7-3-14)19(11-24)21(27)22(20,12-25)13-26/h2-10,27H,1H3. The van der Waals surface area contributed by atoms with E-state index in [0.29, 0.717) is 22.4 Å². The Balaban J connectivity index is 2.31. The molecule has 0 saturated heterocycles. The van der Waals surface area contributed by atoms with Gasteiger partial charge in [0.2, 0.25) is 5.41 Å². The van der Waals surface area contributed by atoms with Crippen LogP contribution in [0.4, 0.5) is 4.39 Å². The van der Waals surface area contributed by atoms with Crippen molar-refractivity contribution in [3.05, 3.63) is 77.1 Å².